The normalized spacial score (nSPS) is 22.3. The quantitative estimate of drug-likeness (QED) is 0.0293. The lowest BCUT2D eigenvalue weighted by molar-refractivity contribution is -0.501. The zero-order chi connectivity index (χ0) is 41.5. The number of aromatic nitrogens is 4. The minimum atomic E-state index is -5.59. The van der Waals surface area contributed by atoms with Crippen LogP contribution in [0.4, 0.5) is 5.82 Å². The number of rotatable bonds is 21. The number of carbonyl (C=O) groups is 3. The summed E-state index contributed by atoms with van der Waals surface area (Å²) in [7, 11) is -16.5. The Morgan fingerprint density at radius 3 is 2.40 bits per heavy atom. The standard InChI is InChI=1S/C24H39N8O19P3S/c1-12(32(38)39)23(37)55-7-6-26-14(33)4-5-27-21(36)18(35)24(2,3)9-48-54(45,46)51-53(43,44)47-8-13-17(50-52(40,41)42)16(34)22(49-13)31-11-30-15-19(25)28-10-29-20(15)31/h10-13,16-18,22,34-35H,4-9H2,1-3H3,(H,26,33)(H,27,36)(H,43,44)(H,45,46)(H2,25,28,29)(H2,40,41,42)/t12-,13-,16-,17-,18+,22-/m1/s1. The molecule has 1 fully saturated rings. The molecule has 55 heavy (non-hydrogen) atoms. The fraction of sp³-hybridized carbons (Fsp3) is 0.667. The van der Waals surface area contributed by atoms with Crippen LogP contribution < -0.4 is 16.4 Å². The second-order valence-corrected chi connectivity index (χ2v) is 17.5. The summed E-state index contributed by atoms with van der Waals surface area (Å²) in [4.78, 5) is 96.7. The van der Waals surface area contributed by atoms with Crippen molar-refractivity contribution in [3.8, 4) is 0 Å². The number of nitrogens with two attached hydrogens (primary N) is 1. The number of nitrogens with zero attached hydrogens (tertiary/aromatic N) is 5. The lowest BCUT2D eigenvalue weighted by Crippen LogP contribution is -2.46. The number of phosphoric ester groups is 3. The van der Waals surface area contributed by atoms with Crippen LogP contribution >= 0.6 is 35.2 Å². The van der Waals surface area contributed by atoms with Crippen molar-refractivity contribution < 1.29 is 85.4 Å². The van der Waals surface area contributed by atoms with Gasteiger partial charge < -0.3 is 50.9 Å². The number of aliphatic hydroxyl groups excluding tert-OH is 2. The summed E-state index contributed by atoms with van der Waals surface area (Å²) in [6, 6.07) is -1.40. The van der Waals surface area contributed by atoms with E-state index in [0.29, 0.717) is 11.8 Å². The van der Waals surface area contributed by atoms with Crippen molar-refractivity contribution in [3.63, 3.8) is 0 Å². The Morgan fingerprint density at radius 2 is 1.76 bits per heavy atom. The fourth-order valence-electron chi connectivity index (χ4n) is 4.49. The van der Waals surface area contributed by atoms with Crippen molar-refractivity contribution >= 4 is 69.1 Å². The van der Waals surface area contributed by atoms with Crippen LogP contribution in [0.5, 0.6) is 0 Å². The molecule has 3 rings (SSSR count). The molecule has 3 heterocycles. The number of nitrogen functional groups attached to an aromatic ring is 1. The molecule has 0 saturated carbocycles. The summed E-state index contributed by atoms with van der Waals surface area (Å²) in [6.45, 7) is 1.19. The number of ether oxygens (including phenoxy) is 1. The third-order valence-corrected chi connectivity index (χ3v) is 11.5. The minimum absolute atomic E-state index is 0.00441. The van der Waals surface area contributed by atoms with Crippen molar-refractivity contribution in [1.82, 2.24) is 30.2 Å². The van der Waals surface area contributed by atoms with Crippen LogP contribution in [-0.2, 0) is 50.7 Å². The third-order valence-electron chi connectivity index (χ3n) is 7.40. The summed E-state index contributed by atoms with van der Waals surface area (Å²) >= 11 is 0.665. The smallest absolute Gasteiger partial charge is 0.386 e. The number of amides is 2. The Hall–Kier alpha value is -3.04. The van der Waals surface area contributed by atoms with Gasteiger partial charge in [0.05, 0.1) is 19.5 Å². The first-order chi connectivity index (χ1) is 25.3. The molecule has 0 bridgehead atoms. The SMILES string of the molecule is C[C@H](C(=O)SCCNC(=O)CCNC(=O)[C@H](O)C(C)(C)COP(=O)(O)OP(=O)(O)OC[C@H]1O[C@@H](n2cnc3c(N)ncnc32)[C@H](O)[C@@H]1OP(=O)(O)O)[N+](=O)[O-]. The van der Waals surface area contributed by atoms with Crippen LogP contribution in [0, 0.1) is 15.5 Å². The maximum Gasteiger partial charge on any atom is 0.481 e. The Bertz CT molecular complexity index is 1860. The molecule has 310 valence electrons. The molecular formula is C24H39N8O19P3S. The van der Waals surface area contributed by atoms with E-state index in [-0.39, 0.29) is 42.2 Å². The van der Waals surface area contributed by atoms with Crippen molar-refractivity contribution in [2.24, 2.45) is 5.41 Å². The first kappa shape index (κ1) is 46.3. The van der Waals surface area contributed by atoms with Crippen LogP contribution in [-0.4, -0.2) is 134 Å². The fourth-order valence-corrected chi connectivity index (χ4v) is 8.05. The van der Waals surface area contributed by atoms with Crippen LogP contribution in [0.25, 0.3) is 11.2 Å². The molecule has 27 nitrogen and oxygen atoms in total. The molecule has 1 aliphatic rings. The van der Waals surface area contributed by atoms with Gasteiger partial charge in [0.15, 0.2) is 17.7 Å². The van der Waals surface area contributed by atoms with Gasteiger partial charge in [-0.05, 0) is 0 Å². The van der Waals surface area contributed by atoms with Gasteiger partial charge in [0.2, 0.25) is 11.8 Å². The Kier molecular flexibility index (Phi) is 16.0. The van der Waals surface area contributed by atoms with Gasteiger partial charge in [-0.2, -0.15) is 4.31 Å². The highest BCUT2D eigenvalue weighted by atomic mass is 32.2. The molecule has 0 aromatic carbocycles. The Balaban J connectivity index is 1.50. The van der Waals surface area contributed by atoms with Gasteiger partial charge in [-0.3, -0.25) is 42.6 Å². The number of anilines is 1. The first-order valence-corrected chi connectivity index (χ1v) is 21.0. The first-order valence-electron chi connectivity index (χ1n) is 15.5. The number of carbonyl (C=O) groups excluding carboxylic acids is 3. The largest absolute Gasteiger partial charge is 0.481 e. The van der Waals surface area contributed by atoms with Crippen molar-refractivity contribution in [2.75, 3.05) is 37.8 Å². The van der Waals surface area contributed by atoms with Crippen LogP contribution in [0.1, 0.15) is 33.4 Å². The van der Waals surface area contributed by atoms with Gasteiger partial charge in [0.25, 0.3) is 11.2 Å². The molecule has 2 amide bonds. The van der Waals surface area contributed by atoms with Crippen molar-refractivity contribution in [2.45, 2.75) is 63.9 Å². The molecule has 1 aliphatic heterocycles. The highest BCUT2D eigenvalue weighted by molar-refractivity contribution is 8.13. The topological polar surface area (TPSA) is 407 Å². The summed E-state index contributed by atoms with van der Waals surface area (Å²) in [6.07, 6.45) is -7.16. The van der Waals surface area contributed by atoms with Crippen molar-refractivity contribution in [1.29, 1.82) is 0 Å². The maximum atomic E-state index is 12.6. The van der Waals surface area contributed by atoms with Crippen LogP contribution in [0.15, 0.2) is 12.7 Å². The van der Waals surface area contributed by atoms with E-state index in [1.54, 1.807) is 0 Å². The number of thioether (sulfide) groups is 1. The maximum absolute atomic E-state index is 12.6. The molecule has 10 N–H and O–H groups in total. The lowest BCUT2D eigenvalue weighted by atomic mass is 9.87. The summed E-state index contributed by atoms with van der Waals surface area (Å²) < 4.78 is 61.8. The number of fused-ring (bicyclic) bond motifs is 1. The Labute approximate surface area is 314 Å². The number of nitro groups is 1. The number of phosphoric acid groups is 3. The second-order valence-electron chi connectivity index (χ2n) is 12.2. The number of hydrogen-bond acceptors (Lipinski definition) is 20. The number of hydrogen-bond donors (Lipinski definition) is 9. The van der Waals surface area contributed by atoms with Crippen LogP contribution in [0.3, 0.4) is 0 Å². The Morgan fingerprint density at radius 1 is 1.11 bits per heavy atom. The summed E-state index contributed by atoms with van der Waals surface area (Å²) in [5.74, 6) is -1.59. The van der Waals surface area contributed by atoms with E-state index < -0.39 is 101 Å². The molecule has 0 radical (unpaired) electrons. The zero-order valence-electron chi connectivity index (χ0n) is 28.9. The summed E-state index contributed by atoms with van der Waals surface area (Å²) in [5.41, 5.74) is 4.18. The minimum Gasteiger partial charge on any atom is -0.386 e. The van der Waals surface area contributed by atoms with E-state index in [1.165, 1.54) is 13.8 Å². The van der Waals surface area contributed by atoms with E-state index in [4.69, 9.17) is 19.5 Å². The average Bonchev–Trinajstić information content (AvgIpc) is 3.64. The summed E-state index contributed by atoms with van der Waals surface area (Å²) in [5, 5.41) is 36.0. The van der Waals surface area contributed by atoms with Gasteiger partial charge >= 0.3 is 23.5 Å². The number of imidazole rings is 1. The van der Waals surface area contributed by atoms with E-state index in [1.807, 2.05) is 0 Å². The molecule has 1 saturated heterocycles. The monoisotopic (exact) mass is 868 g/mol. The van der Waals surface area contributed by atoms with Gasteiger partial charge in [0.1, 0.15) is 36.3 Å². The molecular weight excluding hydrogens is 829 g/mol. The van der Waals surface area contributed by atoms with Gasteiger partial charge in [-0.15, -0.1) is 0 Å². The zero-order valence-corrected chi connectivity index (χ0v) is 32.4. The van der Waals surface area contributed by atoms with E-state index in [0.717, 1.165) is 24.1 Å². The molecule has 31 heteroatoms. The van der Waals surface area contributed by atoms with Gasteiger partial charge in [0, 0.05) is 42.5 Å². The predicted octanol–water partition coefficient (Wildman–Crippen LogP) is -1.67. The molecule has 0 spiro atoms. The highest BCUT2D eigenvalue weighted by Crippen LogP contribution is 2.61. The van der Waals surface area contributed by atoms with Gasteiger partial charge in [-0.25, -0.2) is 28.6 Å². The molecule has 8 atom stereocenters. The lowest BCUT2D eigenvalue weighted by Gasteiger charge is -2.30. The van der Waals surface area contributed by atoms with Gasteiger partial charge in [-0.1, -0.05) is 25.6 Å². The highest BCUT2D eigenvalue weighted by Gasteiger charge is 2.50. The molecule has 0 aliphatic carbocycles. The second kappa shape index (κ2) is 18.9. The van der Waals surface area contributed by atoms with Crippen LogP contribution in [0.2, 0.25) is 0 Å². The number of nitrogens with one attached hydrogen (secondary N) is 2. The molecule has 2 unspecified atom stereocenters. The van der Waals surface area contributed by atoms with E-state index in [9.17, 15) is 68.0 Å². The average molecular weight is 869 g/mol. The number of aliphatic hydroxyl groups is 2. The predicted molar refractivity (Wildman–Crippen MR) is 184 cm³/mol. The van der Waals surface area contributed by atoms with Crippen molar-refractivity contribution in [3.05, 3.63) is 22.8 Å². The molecule has 2 aromatic rings. The van der Waals surface area contributed by atoms with E-state index in [2.05, 4.69) is 34.4 Å². The molecule has 2 aromatic heterocycles. The third kappa shape index (κ3) is 13.5. The van der Waals surface area contributed by atoms with E-state index >= 15 is 0 Å².